The van der Waals surface area contributed by atoms with E-state index in [9.17, 15) is 5.11 Å². The lowest BCUT2D eigenvalue weighted by atomic mass is 10.0. The molecule has 0 saturated carbocycles. The van der Waals surface area contributed by atoms with Crippen LogP contribution in [0.25, 0.3) is 0 Å². The topological polar surface area (TPSA) is 32.3 Å². The van der Waals surface area contributed by atoms with Crippen molar-refractivity contribution in [3.63, 3.8) is 0 Å². The highest BCUT2D eigenvalue weighted by atomic mass is 16.3. The SMILES string of the molecule is C[C@H](C[C@H](O)c1ccccc1)Nc1ccccc1. The van der Waals surface area contributed by atoms with Gasteiger partial charge in [-0.2, -0.15) is 0 Å². The average molecular weight is 241 g/mol. The number of para-hydroxylation sites is 1. The fraction of sp³-hybridized carbons (Fsp3) is 0.250. The number of aliphatic hydroxyl groups excluding tert-OH is 1. The van der Waals surface area contributed by atoms with Gasteiger partial charge >= 0.3 is 0 Å². The van der Waals surface area contributed by atoms with E-state index in [1.807, 2.05) is 60.7 Å². The Balaban J connectivity index is 1.90. The highest BCUT2D eigenvalue weighted by Gasteiger charge is 2.11. The van der Waals surface area contributed by atoms with Crippen LogP contribution in [0.2, 0.25) is 0 Å². The summed E-state index contributed by atoms with van der Waals surface area (Å²) in [7, 11) is 0. The van der Waals surface area contributed by atoms with Crippen molar-refractivity contribution >= 4 is 5.69 Å². The molecule has 0 aromatic heterocycles. The summed E-state index contributed by atoms with van der Waals surface area (Å²) in [5.41, 5.74) is 2.06. The Bertz CT molecular complexity index is 455. The maximum absolute atomic E-state index is 10.1. The van der Waals surface area contributed by atoms with Crippen molar-refractivity contribution in [1.29, 1.82) is 0 Å². The summed E-state index contributed by atoms with van der Waals surface area (Å²) in [6, 6.07) is 20.1. The van der Waals surface area contributed by atoms with Crippen molar-refractivity contribution in [3.05, 3.63) is 66.2 Å². The van der Waals surface area contributed by atoms with Crippen molar-refractivity contribution in [3.8, 4) is 0 Å². The van der Waals surface area contributed by atoms with Crippen molar-refractivity contribution in [2.24, 2.45) is 0 Å². The molecule has 2 rings (SSSR count). The first-order valence-corrected chi connectivity index (χ1v) is 6.30. The number of hydrogen-bond acceptors (Lipinski definition) is 2. The zero-order valence-corrected chi connectivity index (χ0v) is 10.6. The Morgan fingerprint density at radius 1 is 0.944 bits per heavy atom. The highest BCUT2D eigenvalue weighted by Crippen LogP contribution is 2.19. The van der Waals surface area contributed by atoms with E-state index in [1.54, 1.807) is 0 Å². The summed E-state index contributed by atoms with van der Waals surface area (Å²) < 4.78 is 0. The van der Waals surface area contributed by atoms with Crippen LogP contribution in [-0.2, 0) is 0 Å². The number of benzene rings is 2. The van der Waals surface area contributed by atoms with Gasteiger partial charge in [-0.05, 0) is 31.0 Å². The van der Waals surface area contributed by atoms with Gasteiger partial charge in [0.15, 0.2) is 0 Å². The lowest BCUT2D eigenvalue weighted by Gasteiger charge is -2.19. The molecule has 2 atom stereocenters. The molecule has 2 aromatic rings. The summed E-state index contributed by atoms with van der Waals surface area (Å²) in [6.07, 6.45) is 0.274. The fourth-order valence-electron chi connectivity index (χ4n) is 2.02. The van der Waals surface area contributed by atoms with Crippen LogP contribution in [0.1, 0.15) is 25.0 Å². The Morgan fingerprint density at radius 3 is 2.11 bits per heavy atom. The molecule has 0 aliphatic carbocycles. The molecule has 0 heterocycles. The van der Waals surface area contributed by atoms with Gasteiger partial charge in [-0.3, -0.25) is 0 Å². The van der Waals surface area contributed by atoms with Crippen molar-refractivity contribution < 1.29 is 5.11 Å². The van der Waals surface area contributed by atoms with Gasteiger partial charge in [-0.15, -0.1) is 0 Å². The first kappa shape index (κ1) is 12.7. The van der Waals surface area contributed by atoms with E-state index in [0.717, 1.165) is 11.3 Å². The van der Waals surface area contributed by atoms with Crippen LogP contribution in [0.4, 0.5) is 5.69 Å². The molecular formula is C16H19NO. The zero-order valence-electron chi connectivity index (χ0n) is 10.6. The Hall–Kier alpha value is -1.80. The van der Waals surface area contributed by atoms with Gasteiger partial charge in [-0.25, -0.2) is 0 Å². The molecule has 0 unspecified atom stereocenters. The minimum absolute atomic E-state index is 0.225. The largest absolute Gasteiger partial charge is 0.388 e. The van der Waals surface area contributed by atoms with Gasteiger partial charge in [0.1, 0.15) is 0 Å². The van der Waals surface area contributed by atoms with Crippen LogP contribution in [0.5, 0.6) is 0 Å². The Labute approximate surface area is 108 Å². The maximum Gasteiger partial charge on any atom is 0.0809 e. The van der Waals surface area contributed by atoms with Crippen LogP contribution < -0.4 is 5.32 Å². The van der Waals surface area contributed by atoms with Crippen LogP contribution >= 0.6 is 0 Å². The van der Waals surface area contributed by atoms with Crippen LogP contribution in [0.3, 0.4) is 0 Å². The zero-order chi connectivity index (χ0) is 12.8. The van der Waals surface area contributed by atoms with E-state index in [4.69, 9.17) is 0 Å². The molecule has 0 fully saturated rings. The first-order chi connectivity index (χ1) is 8.75. The summed E-state index contributed by atoms with van der Waals surface area (Å²) in [5.74, 6) is 0. The predicted octanol–water partition coefficient (Wildman–Crippen LogP) is 3.61. The van der Waals surface area contributed by atoms with E-state index in [2.05, 4.69) is 12.2 Å². The van der Waals surface area contributed by atoms with Gasteiger partial charge in [0.25, 0.3) is 0 Å². The number of anilines is 1. The summed E-state index contributed by atoms with van der Waals surface area (Å²) in [4.78, 5) is 0. The summed E-state index contributed by atoms with van der Waals surface area (Å²) >= 11 is 0. The molecular weight excluding hydrogens is 222 g/mol. The van der Waals surface area contributed by atoms with Crippen molar-refractivity contribution in [2.75, 3.05) is 5.32 Å². The predicted molar refractivity (Wildman–Crippen MR) is 75.5 cm³/mol. The van der Waals surface area contributed by atoms with Gasteiger partial charge in [0, 0.05) is 11.7 Å². The third kappa shape index (κ3) is 3.60. The number of rotatable bonds is 5. The Kier molecular flexibility index (Phi) is 4.37. The van der Waals surface area contributed by atoms with Crippen molar-refractivity contribution in [1.82, 2.24) is 0 Å². The average Bonchev–Trinajstić information content (AvgIpc) is 2.40. The number of aliphatic hydroxyl groups is 1. The smallest absolute Gasteiger partial charge is 0.0809 e. The van der Waals surface area contributed by atoms with E-state index < -0.39 is 6.10 Å². The minimum atomic E-state index is -0.419. The molecule has 0 saturated heterocycles. The second kappa shape index (κ2) is 6.22. The fourth-order valence-corrected chi connectivity index (χ4v) is 2.02. The van der Waals surface area contributed by atoms with Crippen LogP contribution in [0.15, 0.2) is 60.7 Å². The molecule has 2 aromatic carbocycles. The summed E-state index contributed by atoms with van der Waals surface area (Å²) in [6.45, 7) is 2.08. The quantitative estimate of drug-likeness (QED) is 0.838. The molecule has 0 spiro atoms. The first-order valence-electron chi connectivity index (χ1n) is 6.30. The lowest BCUT2D eigenvalue weighted by Crippen LogP contribution is -2.18. The standard InChI is InChI=1S/C16H19NO/c1-13(17-15-10-6-3-7-11-15)12-16(18)14-8-4-2-5-9-14/h2-11,13,16-18H,12H2,1H3/t13-,16+/m1/s1. The number of hydrogen-bond donors (Lipinski definition) is 2. The van der Waals surface area contributed by atoms with Gasteiger partial charge in [0.05, 0.1) is 6.10 Å². The van der Waals surface area contributed by atoms with Crippen molar-refractivity contribution in [2.45, 2.75) is 25.5 Å². The third-order valence-corrected chi connectivity index (χ3v) is 2.95. The molecule has 0 radical (unpaired) electrons. The lowest BCUT2D eigenvalue weighted by molar-refractivity contribution is 0.162. The summed E-state index contributed by atoms with van der Waals surface area (Å²) in [5, 5.41) is 13.5. The second-order valence-corrected chi connectivity index (χ2v) is 4.57. The van der Waals surface area contributed by atoms with Gasteiger partial charge in [0.2, 0.25) is 0 Å². The third-order valence-electron chi connectivity index (χ3n) is 2.95. The van der Waals surface area contributed by atoms with Gasteiger partial charge < -0.3 is 10.4 Å². The molecule has 0 amide bonds. The van der Waals surface area contributed by atoms with Crippen LogP contribution in [0, 0.1) is 0 Å². The Morgan fingerprint density at radius 2 is 1.50 bits per heavy atom. The van der Waals surface area contributed by atoms with Gasteiger partial charge in [-0.1, -0.05) is 48.5 Å². The number of nitrogens with one attached hydrogen (secondary N) is 1. The molecule has 2 nitrogen and oxygen atoms in total. The molecule has 0 bridgehead atoms. The normalized spacial score (nSPS) is 13.9. The van der Waals surface area contributed by atoms with E-state index in [0.29, 0.717) is 6.42 Å². The molecule has 0 aliphatic heterocycles. The second-order valence-electron chi connectivity index (χ2n) is 4.57. The van der Waals surface area contributed by atoms with E-state index >= 15 is 0 Å². The monoisotopic (exact) mass is 241 g/mol. The minimum Gasteiger partial charge on any atom is -0.388 e. The molecule has 18 heavy (non-hydrogen) atoms. The van der Waals surface area contributed by atoms with E-state index in [1.165, 1.54) is 0 Å². The molecule has 0 aliphatic rings. The maximum atomic E-state index is 10.1. The highest BCUT2D eigenvalue weighted by molar-refractivity contribution is 5.43. The van der Waals surface area contributed by atoms with E-state index in [-0.39, 0.29) is 6.04 Å². The molecule has 2 N–H and O–H groups in total. The molecule has 94 valence electrons. The molecule has 2 heteroatoms. The van der Waals surface area contributed by atoms with Crippen LogP contribution in [-0.4, -0.2) is 11.1 Å².